The third kappa shape index (κ3) is 3.03. The number of rotatable bonds is 3. The van der Waals surface area contributed by atoms with Gasteiger partial charge in [0.05, 0.1) is 5.52 Å². The van der Waals surface area contributed by atoms with Crippen molar-refractivity contribution in [3.05, 3.63) is 70.4 Å². The Morgan fingerprint density at radius 2 is 1.88 bits per heavy atom. The first-order valence-corrected chi connectivity index (χ1v) is 9.23. The van der Waals surface area contributed by atoms with Gasteiger partial charge in [0.25, 0.3) is 0 Å². The van der Waals surface area contributed by atoms with Crippen molar-refractivity contribution in [3.8, 4) is 0 Å². The topological polar surface area (TPSA) is 8.17 Å². The summed E-state index contributed by atoms with van der Waals surface area (Å²) in [6, 6.07) is 15.7. The maximum Gasteiger partial charge on any atom is 0.0528 e. The number of hydrogen-bond acceptors (Lipinski definition) is 1. The molecule has 2 heterocycles. The molecule has 0 fully saturated rings. The van der Waals surface area contributed by atoms with Crippen molar-refractivity contribution in [2.24, 2.45) is 0 Å². The predicted octanol–water partition coefficient (Wildman–Crippen LogP) is 5.13. The minimum absolute atomic E-state index is 1.04. The summed E-state index contributed by atoms with van der Waals surface area (Å²) in [6.45, 7) is 6.55. The Labute approximate surface area is 150 Å². The standard InChI is InChI=1S/C23H26N2/c1-4-18-6-8-19(9-7-18)11-14-25-22-10-5-17(2)15-20(22)21-16-24(3)13-12-23(21)25/h5-11,14-15H,4,12-13,16H2,1-3H3/b14-11+. The zero-order valence-electron chi connectivity index (χ0n) is 15.4. The molecule has 1 aliphatic heterocycles. The first kappa shape index (κ1) is 16.2. The Hall–Kier alpha value is -2.32. The fourth-order valence-electron chi connectivity index (χ4n) is 3.84. The molecule has 4 rings (SSSR count). The van der Waals surface area contributed by atoms with Gasteiger partial charge < -0.3 is 9.47 Å². The van der Waals surface area contributed by atoms with Crippen molar-refractivity contribution in [1.82, 2.24) is 9.47 Å². The Balaban J connectivity index is 1.79. The minimum atomic E-state index is 1.04. The number of likely N-dealkylation sites (N-methyl/N-ethyl adjacent to an activating group) is 1. The molecule has 0 bridgehead atoms. The number of fused-ring (bicyclic) bond motifs is 3. The van der Waals surface area contributed by atoms with Gasteiger partial charge in [-0.2, -0.15) is 0 Å². The van der Waals surface area contributed by atoms with Gasteiger partial charge in [0, 0.05) is 36.8 Å². The van der Waals surface area contributed by atoms with Gasteiger partial charge in [-0.1, -0.05) is 42.8 Å². The molecule has 0 atom stereocenters. The number of aromatic nitrogens is 1. The van der Waals surface area contributed by atoms with Crippen LogP contribution in [0, 0.1) is 6.92 Å². The molecule has 2 heteroatoms. The van der Waals surface area contributed by atoms with Crippen LogP contribution in [-0.2, 0) is 19.4 Å². The highest BCUT2D eigenvalue weighted by Gasteiger charge is 2.21. The summed E-state index contributed by atoms with van der Waals surface area (Å²) >= 11 is 0. The molecule has 0 spiro atoms. The molecule has 2 nitrogen and oxygen atoms in total. The fourth-order valence-corrected chi connectivity index (χ4v) is 3.84. The predicted molar refractivity (Wildman–Crippen MR) is 108 cm³/mol. The molecule has 2 aromatic carbocycles. The second-order valence-corrected chi connectivity index (χ2v) is 7.21. The van der Waals surface area contributed by atoms with Crippen LogP contribution >= 0.6 is 0 Å². The maximum absolute atomic E-state index is 2.42. The van der Waals surface area contributed by atoms with Gasteiger partial charge in [0.15, 0.2) is 0 Å². The van der Waals surface area contributed by atoms with Crippen molar-refractivity contribution in [1.29, 1.82) is 0 Å². The maximum atomic E-state index is 2.42. The summed E-state index contributed by atoms with van der Waals surface area (Å²) in [6.07, 6.45) is 6.69. The number of nitrogens with zero attached hydrogens (tertiary/aromatic N) is 2. The molecule has 128 valence electrons. The lowest BCUT2D eigenvalue weighted by Crippen LogP contribution is -2.26. The van der Waals surface area contributed by atoms with Crippen LogP contribution in [0.4, 0.5) is 0 Å². The molecular weight excluding hydrogens is 304 g/mol. The minimum Gasteiger partial charge on any atom is -0.320 e. The largest absolute Gasteiger partial charge is 0.320 e. The fraction of sp³-hybridized carbons (Fsp3) is 0.304. The van der Waals surface area contributed by atoms with Crippen molar-refractivity contribution in [2.75, 3.05) is 13.6 Å². The van der Waals surface area contributed by atoms with Gasteiger partial charge in [-0.15, -0.1) is 0 Å². The first-order chi connectivity index (χ1) is 12.2. The van der Waals surface area contributed by atoms with E-state index in [0.29, 0.717) is 0 Å². The molecule has 0 saturated heterocycles. The van der Waals surface area contributed by atoms with Gasteiger partial charge >= 0.3 is 0 Å². The Bertz CT molecular complexity index is 929. The van der Waals surface area contributed by atoms with Gasteiger partial charge in [0.1, 0.15) is 0 Å². The lowest BCUT2D eigenvalue weighted by molar-refractivity contribution is 0.312. The second kappa shape index (κ2) is 6.53. The third-order valence-electron chi connectivity index (χ3n) is 5.34. The van der Waals surface area contributed by atoms with E-state index in [0.717, 1.165) is 25.9 Å². The summed E-state index contributed by atoms with van der Waals surface area (Å²) in [7, 11) is 2.22. The van der Waals surface area contributed by atoms with Gasteiger partial charge in [-0.25, -0.2) is 0 Å². The molecule has 1 aliphatic rings. The van der Waals surface area contributed by atoms with Crippen LogP contribution in [0.5, 0.6) is 0 Å². The van der Waals surface area contributed by atoms with E-state index in [4.69, 9.17) is 0 Å². The summed E-state index contributed by atoms with van der Waals surface area (Å²) in [5, 5.41) is 1.41. The van der Waals surface area contributed by atoms with Crippen LogP contribution in [0.25, 0.3) is 23.2 Å². The van der Waals surface area contributed by atoms with E-state index in [2.05, 4.69) is 85.1 Å². The number of aryl methyl sites for hydroxylation is 2. The van der Waals surface area contributed by atoms with Crippen LogP contribution in [-0.4, -0.2) is 23.1 Å². The van der Waals surface area contributed by atoms with E-state index in [-0.39, 0.29) is 0 Å². The van der Waals surface area contributed by atoms with Crippen LogP contribution in [0.2, 0.25) is 0 Å². The van der Waals surface area contributed by atoms with Crippen LogP contribution < -0.4 is 0 Å². The first-order valence-electron chi connectivity index (χ1n) is 9.23. The third-order valence-corrected chi connectivity index (χ3v) is 5.34. The monoisotopic (exact) mass is 330 g/mol. The zero-order valence-corrected chi connectivity index (χ0v) is 15.4. The van der Waals surface area contributed by atoms with Gasteiger partial charge in [0.2, 0.25) is 0 Å². The lowest BCUT2D eigenvalue weighted by atomic mass is 10.0. The van der Waals surface area contributed by atoms with Crippen LogP contribution in [0.3, 0.4) is 0 Å². The van der Waals surface area contributed by atoms with E-state index >= 15 is 0 Å². The quantitative estimate of drug-likeness (QED) is 0.646. The highest BCUT2D eigenvalue weighted by Crippen LogP contribution is 2.31. The molecule has 3 aromatic rings. The number of hydrogen-bond donors (Lipinski definition) is 0. The second-order valence-electron chi connectivity index (χ2n) is 7.21. The summed E-state index contributed by atoms with van der Waals surface area (Å²) in [5.74, 6) is 0. The summed E-state index contributed by atoms with van der Waals surface area (Å²) in [4.78, 5) is 2.42. The molecular formula is C23H26N2. The van der Waals surface area contributed by atoms with Gasteiger partial charge in [-0.05, 0) is 55.3 Å². The molecule has 0 saturated carbocycles. The zero-order chi connectivity index (χ0) is 17.4. The van der Waals surface area contributed by atoms with Crippen LogP contribution in [0.1, 0.15) is 34.9 Å². The number of benzene rings is 2. The highest BCUT2D eigenvalue weighted by atomic mass is 15.1. The van der Waals surface area contributed by atoms with Crippen molar-refractivity contribution in [3.63, 3.8) is 0 Å². The van der Waals surface area contributed by atoms with Crippen molar-refractivity contribution in [2.45, 2.75) is 33.2 Å². The molecule has 0 N–H and O–H groups in total. The molecule has 1 aromatic heterocycles. The normalized spacial score (nSPS) is 15.2. The highest BCUT2D eigenvalue weighted by molar-refractivity contribution is 5.89. The Kier molecular flexibility index (Phi) is 4.22. The molecule has 25 heavy (non-hydrogen) atoms. The van der Waals surface area contributed by atoms with E-state index in [9.17, 15) is 0 Å². The molecule has 0 amide bonds. The summed E-state index contributed by atoms with van der Waals surface area (Å²) in [5.41, 5.74) is 8.28. The van der Waals surface area contributed by atoms with Gasteiger partial charge in [-0.3, -0.25) is 0 Å². The van der Waals surface area contributed by atoms with E-state index in [1.807, 2.05) is 0 Å². The molecule has 0 radical (unpaired) electrons. The van der Waals surface area contributed by atoms with Crippen LogP contribution in [0.15, 0.2) is 42.5 Å². The Morgan fingerprint density at radius 3 is 2.64 bits per heavy atom. The summed E-state index contributed by atoms with van der Waals surface area (Å²) < 4.78 is 2.41. The smallest absolute Gasteiger partial charge is 0.0528 e. The average molecular weight is 330 g/mol. The molecule has 0 aliphatic carbocycles. The Morgan fingerprint density at radius 1 is 1.08 bits per heavy atom. The van der Waals surface area contributed by atoms with E-state index in [1.54, 1.807) is 0 Å². The average Bonchev–Trinajstić information content (AvgIpc) is 2.92. The van der Waals surface area contributed by atoms with E-state index < -0.39 is 0 Å². The lowest BCUT2D eigenvalue weighted by Gasteiger charge is -2.23. The van der Waals surface area contributed by atoms with Crippen molar-refractivity contribution < 1.29 is 0 Å². The SMILES string of the molecule is CCc1ccc(/C=C/n2c3c(c4cc(C)ccc42)CN(C)CC3)cc1. The van der Waals surface area contributed by atoms with Crippen molar-refractivity contribution >= 4 is 23.2 Å². The van der Waals surface area contributed by atoms with E-state index in [1.165, 1.54) is 38.9 Å². The molecule has 0 unspecified atom stereocenters.